The summed E-state index contributed by atoms with van der Waals surface area (Å²) in [5, 5.41) is 6.51. The lowest BCUT2D eigenvalue weighted by molar-refractivity contribution is -0.121. The molecule has 1 amide bonds. The highest BCUT2D eigenvalue weighted by molar-refractivity contribution is 5.75. The van der Waals surface area contributed by atoms with E-state index >= 15 is 0 Å². The zero-order chi connectivity index (χ0) is 21.8. The molecule has 7 nitrogen and oxygen atoms in total. The van der Waals surface area contributed by atoms with Crippen molar-refractivity contribution >= 4 is 5.91 Å². The van der Waals surface area contributed by atoms with E-state index in [0.717, 1.165) is 5.56 Å². The minimum Gasteiger partial charge on any atom is -0.350 e. The first kappa shape index (κ1) is 20.1. The van der Waals surface area contributed by atoms with Gasteiger partial charge >= 0.3 is 0 Å². The summed E-state index contributed by atoms with van der Waals surface area (Å²) in [6.45, 7) is -0.00886. The molecule has 0 unspecified atom stereocenters. The third kappa shape index (κ3) is 4.72. The summed E-state index contributed by atoms with van der Waals surface area (Å²) in [6, 6.07) is 14.4. The number of halogens is 2. The Bertz CT molecular complexity index is 1270. The molecule has 0 saturated carbocycles. The van der Waals surface area contributed by atoms with E-state index in [9.17, 15) is 18.4 Å². The van der Waals surface area contributed by atoms with E-state index in [-0.39, 0.29) is 42.1 Å². The molecule has 1 N–H and O–H groups in total. The monoisotopic (exact) mass is 422 g/mol. The van der Waals surface area contributed by atoms with Gasteiger partial charge in [-0.15, -0.1) is 0 Å². The van der Waals surface area contributed by atoms with Crippen LogP contribution in [0.1, 0.15) is 5.56 Å². The zero-order valence-electron chi connectivity index (χ0n) is 16.1. The topological polar surface area (TPSA) is 90.0 Å². The first-order valence-electron chi connectivity index (χ1n) is 9.30. The molecule has 0 aliphatic heterocycles. The summed E-state index contributed by atoms with van der Waals surface area (Å²) >= 11 is 0. The molecule has 2 aromatic carbocycles. The summed E-state index contributed by atoms with van der Waals surface area (Å²) in [5.74, 6) is -0.938. The van der Waals surface area contributed by atoms with E-state index < -0.39 is 11.4 Å². The fourth-order valence-corrected chi connectivity index (χ4v) is 2.89. The second-order valence-electron chi connectivity index (χ2n) is 6.69. The predicted molar refractivity (Wildman–Crippen MR) is 108 cm³/mol. The molecule has 9 heteroatoms. The fourth-order valence-electron chi connectivity index (χ4n) is 2.89. The standard InChI is InChI=1S/C22H16F2N4O3/c23-16-7-3-14(4-8-16)12-25-19(29)13-28-11-1-2-18(22(28)30)21-26-20(27-31-21)15-5-9-17(24)10-6-15/h1-11H,12-13H2,(H,25,29). The highest BCUT2D eigenvalue weighted by Crippen LogP contribution is 2.20. The average molecular weight is 422 g/mol. The van der Waals surface area contributed by atoms with E-state index in [1.807, 2.05) is 0 Å². The number of amides is 1. The third-order valence-corrected chi connectivity index (χ3v) is 4.50. The number of aromatic nitrogens is 3. The number of pyridine rings is 1. The number of carbonyl (C=O) groups is 1. The van der Waals surface area contributed by atoms with Crippen LogP contribution in [0, 0.1) is 11.6 Å². The van der Waals surface area contributed by atoms with Crippen LogP contribution in [0.4, 0.5) is 8.78 Å². The molecule has 2 aromatic heterocycles. The van der Waals surface area contributed by atoms with Crippen LogP contribution >= 0.6 is 0 Å². The van der Waals surface area contributed by atoms with E-state index in [1.165, 1.54) is 53.2 Å². The summed E-state index contributed by atoms with van der Waals surface area (Å²) < 4.78 is 32.4. The number of nitrogens with zero attached hydrogens (tertiary/aromatic N) is 3. The van der Waals surface area contributed by atoms with Gasteiger partial charge in [-0.3, -0.25) is 9.59 Å². The second kappa shape index (κ2) is 8.70. The van der Waals surface area contributed by atoms with Crippen LogP contribution in [-0.2, 0) is 17.9 Å². The van der Waals surface area contributed by atoms with Gasteiger partial charge in [0.15, 0.2) is 0 Å². The molecule has 4 aromatic rings. The normalized spacial score (nSPS) is 10.8. The summed E-state index contributed by atoms with van der Waals surface area (Å²) in [4.78, 5) is 29.2. The zero-order valence-corrected chi connectivity index (χ0v) is 16.1. The highest BCUT2D eigenvalue weighted by Gasteiger charge is 2.16. The Morgan fingerprint density at radius 2 is 1.68 bits per heavy atom. The third-order valence-electron chi connectivity index (χ3n) is 4.50. The maximum atomic E-state index is 13.1. The Balaban J connectivity index is 1.48. The van der Waals surface area contributed by atoms with Gasteiger partial charge in [0.05, 0.1) is 0 Å². The lowest BCUT2D eigenvalue weighted by Gasteiger charge is -2.08. The molecule has 0 aliphatic rings. The molecule has 0 fully saturated rings. The lowest BCUT2D eigenvalue weighted by atomic mass is 10.2. The molecule has 0 atom stereocenters. The minimum atomic E-state index is -0.478. The lowest BCUT2D eigenvalue weighted by Crippen LogP contribution is -2.32. The SMILES string of the molecule is O=C(Cn1cccc(-c2nc(-c3ccc(F)cc3)no2)c1=O)NCc1ccc(F)cc1. The first-order valence-corrected chi connectivity index (χ1v) is 9.30. The quantitative estimate of drug-likeness (QED) is 0.516. The van der Waals surface area contributed by atoms with Crippen LogP contribution in [0.15, 0.2) is 76.2 Å². The van der Waals surface area contributed by atoms with Gasteiger partial charge in [0.2, 0.25) is 11.7 Å². The number of hydrogen-bond acceptors (Lipinski definition) is 5. The van der Waals surface area contributed by atoms with Crippen molar-refractivity contribution in [2.45, 2.75) is 13.1 Å². The highest BCUT2D eigenvalue weighted by atomic mass is 19.1. The van der Waals surface area contributed by atoms with Gasteiger partial charge in [0, 0.05) is 18.3 Å². The second-order valence-corrected chi connectivity index (χ2v) is 6.69. The van der Waals surface area contributed by atoms with Gasteiger partial charge in [0.25, 0.3) is 11.4 Å². The number of carbonyl (C=O) groups excluding carboxylic acids is 1. The minimum absolute atomic E-state index is 0.00889. The Labute approximate surface area is 175 Å². The average Bonchev–Trinajstić information content (AvgIpc) is 3.25. The molecule has 0 bridgehead atoms. The number of nitrogens with one attached hydrogen (secondary N) is 1. The van der Waals surface area contributed by atoms with E-state index in [0.29, 0.717) is 5.56 Å². The molecule has 156 valence electrons. The molecule has 0 radical (unpaired) electrons. The van der Waals surface area contributed by atoms with E-state index in [1.54, 1.807) is 18.2 Å². The number of benzene rings is 2. The maximum Gasteiger partial charge on any atom is 0.263 e. The maximum absolute atomic E-state index is 13.1. The summed E-state index contributed by atoms with van der Waals surface area (Å²) in [5.41, 5.74) is 0.922. The molecule has 0 spiro atoms. The molecule has 0 aliphatic carbocycles. The van der Waals surface area contributed by atoms with Crippen LogP contribution < -0.4 is 10.9 Å². The van der Waals surface area contributed by atoms with Gasteiger partial charge in [-0.1, -0.05) is 17.3 Å². The van der Waals surface area contributed by atoms with Gasteiger partial charge < -0.3 is 14.4 Å². The van der Waals surface area contributed by atoms with Crippen LogP contribution in [0.2, 0.25) is 0 Å². The van der Waals surface area contributed by atoms with Gasteiger partial charge in [-0.05, 0) is 54.1 Å². The van der Waals surface area contributed by atoms with Crippen molar-refractivity contribution in [3.63, 3.8) is 0 Å². The Hall–Kier alpha value is -4.14. The first-order chi connectivity index (χ1) is 15.0. The Morgan fingerprint density at radius 3 is 2.39 bits per heavy atom. The summed E-state index contributed by atoms with van der Waals surface area (Å²) in [7, 11) is 0. The van der Waals surface area contributed by atoms with Crippen molar-refractivity contribution in [1.29, 1.82) is 0 Å². The van der Waals surface area contributed by atoms with Crippen molar-refractivity contribution in [2.24, 2.45) is 0 Å². The molecule has 31 heavy (non-hydrogen) atoms. The Morgan fingerprint density at radius 1 is 1.00 bits per heavy atom. The van der Waals surface area contributed by atoms with Crippen molar-refractivity contribution in [1.82, 2.24) is 20.0 Å². The van der Waals surface area contributed by atoms with Crippen molar-refractivity contribution in [3.05, 3.63) is 94.4 Å². The van der Waals surface area contributed by atoms with E-state index in [2.05, 4.69) is 15.5 Å². The van der Waals surface area contributed by atoms with Gasteiger partial charge in [-0.2, -0.15) is 4.98 Å². The smallest absolute Gasteiger partial charge is 0.263 e. The molecule has 2 heterocycles. The largest absolute Gasteiger partial charge is 0.350 e. The van der Waals surface area contributed by atoms with Crippen molar-refractivity contribution in [2.75, 3.05) is 0 Å². The predicted octanol–water partition coefficient (Wildman–Crippen LogP) is 3.16. The van der Waals surface area contributed by atoms with Crippen LogP contribution in [0.5, 0.6) is 0 Å². The summed E-state index contributed by atoms with van der Waals surface area (Å²) in [6.07, 6.45) is 1.47. The van der Waals surface area contributed by atoms with E-state index in [4.69, 9.17) is 4.52 Å². The fraction of sp³-hybridized carbons (Fsp3) is 0.0909. The van der Waals surface area contributed by atoms with Crippen molar-refractivity contribution < 1.29 is 18.1 Å². The molecule has 4 rings (SSSR count). The van der Waals surface area contributed by atoms with Gasteiger partial charge in [0.1, 0.15) is 23.7 Å². The number of rotatable bonds is 6. The van der Waals surface area contributed by atoms with Crippen LogP contribution in [0.3, 0.4) is 0 Å². The number of hydrogen-bond donors (Lipinski definition) is 1. The Kier molecular flexibility index (Phi) is 5.65. The van der Waals surface area contributed by atoms with Crippen LogP contribution in [0.25, 0.3) is 22.8 Å². The molecular formula is C22H16F2N4O3. The van der Waals surface area contributed by atoms with Gasteiger partial charge in [-0.25, -0.2) is 8.78 Å². The molecular weight excluding hydrogens is 406 g/mol. The molecule has 0 saturated heterocycles. The van der Waals surface area contributed by atoms with Crippen molar-refractivity contribution in [3.8, 4) is 22.8 Å². The van der Waals surface area contributed by atoms with Crippen LogP contribution in [-0.4, -0.2) is 20.6 Å².